The SMILES string of the molecule is Cc1cn2cc(-c3c[nH]c4nc(NC5CC(F)(F)C5)ncc34)cc(F)c2n1. The van der Waals surface area contributed by atoms with Gasteiger partial charge >= 0.3 is 0 Å². The quantitative estimate of drug-likeness (QED) is 0.572. The van der Waals surface area contributed by atoms with Gasteiger partial charge in [-0.15, -0.1) is 0 Å². The summed E-state index contributed by atoms with van der Waals surface area (Å²) in [6.07, 6.45) is 6.45. The molecule has 0 amide bonds. The lowest BCUT2D eigenvalue weighted by molar-refractivity contribution is -0.0794. The minimum absolute atomic E-state index is 0.214. The van der Waals surface area contributed by atoms with Gasteiger partial charge in [0.2, 0.25) is 5.95 Å². The summed E-state index contributed by atoms with van der Waals surface area (Å²) in [4.78, 5) is 15.8. The Bertz CT molecular complexity index is 1170. The number of pyridine rings is 1. The van der Waals surface area contributed by atoms with Gasteiger partial charge in [0.15, 0.2) is 11.5 Å². The third-order valence-corrected chi connectivity index (χ3v) is 4.79. The lowest BCUT2D eigenvalue weighted by Gasteiger charge is -2.35. The van der Waals surface area contributed by atoms with E-state index >= 15 is 0 Å². The Kier molecular flexibility index (Phi) is 3.25. The molecule has 2 N–H and O–H groups in total. The Labute approximate surface area is 151 Å². The number of aromatic nitrogens is 5. The van der Waals surface area contributed by atoms with E-state index < -0.39 is 11.7 Å². The first-order valence-corrected chi connectivity index (χ1v) is 8.52. The fraction of sp³-hybridized carbons (Fsp3) is 0.278. The molecule has 4 aromatic heterocycles. The van der Waals surface area contributed by atoms with E-state index in [2.05, 4.69) is 25.3 Å². The van der Waals surface area contributed by atoms with Crippen molar-refractivity contribution in [1.29, 1.82) is 0 Å². The van der Waals surface area contributed by atoms with Crippen LogP contribution in [0.2, 0.25) is 0 Å². The number of alkyl halides is 2. The van der Waals surface area contributed by atoms with E-state index in [-0.39, 0.29) is 24.5 Å². The largest absolute Gasteiger partial charge is 0.351 e. The van der Waals surface area contributed by atoms with Crippen LogP contribution in [0.15, 0.2) is 30.9 Å². The highest BCUT2D eigenvalue weighted by atomic mass is 19.3. The maximum Gasteiger partial charge on any atom is 0.252 e. The fourth-order valence-electron chi connectivity index (χ4n) is 3.49. The van der Waals surface area contributed by atoms with E-state index in [0.29, 0.717) is 17.2 Å². The highest BCUT2D eigenvalue weighted by Gasteiger charge is 2.45. The van der Waals surface area contributed by atoms with Crippen molar-refractivity contribution in [3.05, 3.63) is 42.4 Å². The van der Waals surface area contributed by atoms with Gasteiger partial charge in [0.25, 0.3) is 5.92 Å². The summed E-state index contributed by atoms with van der Waals surface area (Å²) in [7, 11) is 0. The van der Waals surface area contributed by atoms with Crippen LogP contribution in [-0.4, -0.2) is 36.3 Å². The number of anilines is 1. The van der Waals surface area contributed by atoms with Crippen molar-refractivity contribution < 1.29 is 13.2 Å². The number of rotatable bonds is 3. The van der Waals surface area contributed by atoms with Crippen LogP contribution in [0.1, 0.15) is 18.5 Å². The number of nitrogens with one attached hydrogen (secondary N) is 2. The average molecular weight is 372 g/mol. The summed E-state index contributed by atoms with van der Waals surface area (Å²) in [5, 5.41) is 3.63. The van der Waals surface area contributed by atoms with Gasteiger partial charge in [-0.05, 0) is 13.0 Å². The Morgan fingerprint density at radius 2 is 2.07 bits per heavy atom. The number of H-pyrrole nitrogens is 1. The zero-order valence-corrected chi connectivity index (χ0v) is 14.3. The third kappa shape index (κ3) is 2.70. The molecule has 0 spiro atoms. The second-order valence-corrected chi connectivity index (χ2v) is 6.95. The van der Waals surface area contributed by atoms with Gasteiger partial charge < -0.3 is 14.7 Å². The zero-order valence-electron chi connectivity index (χ0n) is 14.3. The highest BCUT2D eigenvalue weighted by molar-refractivity contribution is 5.93. The van der Waals surface area contributed by atoms with Crippen molar-refractivity contribution in [3.63, 3.8) is 0 Å². The maximum absolute atomic E-state index is 14.4. The van der Waals surface area contributed by atoms with Gasteiger partial charge in [-0.25, -0.2) is 23.1 Å². The van der Waals surface area contributed by atoms with Crippen molar-refractivity contribution in [2.45, 2.75) is 31.7 Å². The molecule has 9 heteroatoms. The number of aryl methyl sites for hydroxylation is 1. The van der Waals surface area contributed by atoms with Crippen molar-refractivity contribution >= 4 is 22.6 Å². The number of imidazole rings is 1. The second-order valence-electron chi connectivity index (χ2n) is 6.95. The summed E-state index contributed by atoms with van der Waals surface area (Å²) < 4.78 is 41.9. The van der Waals surface area contributed by atoms with Crippen molar-refractivity contribution in [2.24, 2.45) is 0 Å². The van der Waals surface area contributed by atoms with Gasteiger partial charge in [0, 0.05) is 60.2 Å². The molecular formula is C18H15F3N6. The van der Waals surface area contributed by atoms with Gasteiger partial charge in [-0.1, -0.05) is 0 Å². The van der Waals surface area contributed by atoms with Crippen molar-refractivity contribution in [2.75, 3.05) is 5.32 Å². The number of aromatic amines is 1. The normalized spacial score (nSPS) is 16.7. The van der Waals surface area contributed by atoms with Crippen LogP contribution in [0.3, 0.4) is 0 Å². The molecule has 0 atom stereocenters. The topological polar surface area (TPSA) is 70.9 Å². The summed E-state index contributed by atoms with van der Waals surface area (Å²) in [6, 6.07) is 1.10. The monoisotopic (exact) mass is 372 g/mol. The van der Waals surface area contributed by atoms with E-state index in [1.54, 1.807) is 36.1 Å². The molecule has 1 aliphatic rings. The third-order valence-electron chi connectivity index (χ3n) is 4.79. The molecule has 1 fully saturated rings. The zero-order chi connectivity index (χ0) is 18.8. The fourth-order valence-corrected chi connectivity index (χ4v) is 3.49. The van der Waals surface area contributed by atoms with Crippen LogP contribution in [0.25, 0.3) is 27.8 Å². The molecule has 138 valence electrons. The Morgan fingerprint density at radius 1 is 1.26 bits per heavy atom. The number of halogens is 3. The van der Waals surface area contributed by atoms with Crippen LogP contribution in [0.5, 0.6) is 0 Å². The molecule has 0 bridgehead atoms. The molecule has 0 aromatic carbocycles. The molecule has 27 heavy (non-hydrogen) atoms. The van der Waals surface area contributed by atoms with Crippen LogP contribution in [0, 0.1) is 12.7 Å². The van der Waals surface area contributed by atoms with Crippen molar-refractivity contribution in [3.8, 4) is 11.1 Å². The Hall–Kier alpha value is -3.10. The number of nitrogens with zero attached hydrogens (tertiary/aromatic N) is 4. The smallest absolute Gasteiger partial charge is 0.252 e. The summed E-state index contributed by atoms with van der Waals surface area (Å²) in [5.41, 5.74) is 2.96. The van der Waals surface area contributed by atoms with E-state index in [4.69, 9.17) is 0 Å². The van der Waals surface area contributed by atoms with Crippen LogP contribution in [-0.2, 0) is 0 Å². The lowest BCUT2D eigenvalue weighted by atomic mass is 9.88. The minimum atomic E-state index is -2.60. The molecule has 4 aromatic rings. The van der Waals surface area contributed by atoms with Gasteiger partial charge in [0.05, 0.1) is 5.69 Å². The van der Waals surface area contributed by atoms with Crippen LogP contribution in [0.4, 0.5) is 19.1 Å². The molecule has 0 saturated heterocycles. The Balaban J connectivity index is 1.49. The van der Waals surface area contributed by atoms with E-state index in [1.165, 1.54) is 6.07 Å². The lowest BCUT2D eigenvalue weighted by Crippen LogP contribution is -2.44. The molecule has 1 aliphatic carbocycles. The van der Waals surface area contributed by atoms with Crippen molar-refractivity contribution in [1.82, 2.24) is 24.3 Å². The average Bonchev–Trinajstić information content (AvgIpc) is 3.15. The molecule has 5 rings (SSSR count). The van der Waals surface area contributed by atoms with Gasteiger partial charge in [-0.2, -0.15) is 4.98 Å². The first-order chi connectivity index (χ1) is 12.9. The van der Waals surface area contributed by atoms with E-state index in [9.17, 15) is 13.2 Å². The summed E-state index contributed by atoms with van der Waals surface area (Å²) in [6.45, 7) is 1.80. The molecule has 0 aliphatic heterocycles. The maximum atomic E-state index is 14.4. The molecular weight excluding hydrogens is 357 g/mol. The first kappa shape index (κ1) is 16.1. The molecule has 0 radical (unpaired) electrons. The number of hydrogen-bond acceptors (Lipinski definition) is 4. The van der Waals surface area contributed by atoms with E-state index in [0.717, 1.165) is 16.6 Å². The molecule has 0 unspecified atom stereocenters. The molecule has 6 nitrogen and oxygen atoms in total. The van der Waals surface area contributed by atoms with Crippen LogP contribution < -0.4 is 5.32 Å². The molecule has 1 saturated carbocycles. The van der Waals surface area contributed by atoms with Gasteiger partial charge in [-0.3, -0.25) is 0 Å². The molecule has 4 heterocycles. The number of fused-ring (bicyclic) bond motifs is 2. The minimum Gasteiger partial charge on any atom is -0.351 e. The number of hydrogen-bond donors (Lipinski definition) is 2. The second kappa shape index (κ2) is 5.45. The summed E-state index contributed by atoms with van der Waals surface area (Å²) >= 11 is 0. The van der Waals surface area contributed by atoms with Crippen LogP contribution >= 0.6 is 0 Å². The standard InChI is InChI=1S/C18H15F3N6/c1-9-7-27-8-10(2-14(19)16(27)24-9)12-5-22-15-13(12)6-23-17(26-15)25-11-3-18(20,21)4-11/h2,5-8,11H,3-4H2,1H3,(H2,22,23,25,26). The van der Waals surface area contributed by atoms with Gasteiger partial charge in [0.1, 0.15) is 5.65 Å². The summed E-state index contributed by atoms with van der Waals surface area (Å²) in [5.74, 6) is -2.72. The predicted molar refractivity (Wildman–Crippen MR) is 94.4 cm³/mol. The Morgan fingerprint density at radius 3 is 2.85 bits per heavy atom. The predicted octanol–water partition coefficient (Wildman–Crippen LogP) is 3.93. The first-order valence-electron chi connectivity index (χ1n) is 8.52. The van der Waals surface area contributed by atoms with E-state index in [1.807, 2.05) is 0 Å². The highest BCUT2D eigenvalue weighted by Crippen LogP contribution is 2.38.